The van der Waals surface area contributed by atoms with Crippen molar-refractivity contribution in [3.8, 4) is 23.0 Å². The van der Waals surface area contributed by atoms with Crippen molar-refractivity contribution in [3.63, 3.8) is 0 Å². The van der Waals surface area contributed by atoms with Gasteiger partial charge < -0.3 is 15.5 Å². The lowest BCUT2D eigenvalue weighted by molar-refractivity contribution is -0.106. The third-order valence-electron chi connectivity index (χ3n) is 5.16. The topological polar surface area (TPSA) is 85.3 Å². The van der Waals surface area contributed by atoms with Crippen molar-refractivity contribution in [1.29, 1.82) is 0 Å². The van der Waals surface area contributed by atoms with Gasteiger partial charge in [-0.1, -0.05) is 17.9 Å². The van der Waals surface area contributed by atoms with Crippen molar-refractivity contribution in [3.05, 3.63) is 120 Å². The number of pyridine rings is 2. The minimum atomic E-state index is -0.271. The summed E-state index contributed by atoms with van der Waals surface area (Å²) in [5.74, 6) is 6.14. The van der Waals surface area contributed by atoms with E-state index >= 15 is 0 Å². The maximum Gasteiger partial charge on any atom is 0.204 e. The zero-order valence-corrected chi connectivity index (χ0v) is 18.7. The second-order valence-electron chi connectivity index (χ2n) is 7.47. The molecular weight excluding hydrogens is 441 g/mol. The number of hydrogen-bond acceptors (Lipinski definition) is 4. The molecule has 5 rings (SSSR count). The van der Waals surface area contributed by atoms with E-state index < -0.39 is 0 Å². The predicted molar refractivity (Wildman–Crippen MR) is 135 cm³/mol. The van der Waals surface area contributed by atoms with Crippen LogP contribution in [0.15, 0.2) is 97.7 Å². The third kappa shape index (κ3) is 6.09. The number of nitrogens with two attached hydrogens (primary N) is 1. The number of rotatable bonds is 4. The molecule has 5 aromatic rings. The fourth-order valence-electron chi connectivity index (χ4n) is 3.48. The Kier molecular flexibility index (Phi) is 7.46. The van der Waals surface area contributed by atoms with Crippen molar-refractivity contribution < 1.29 is 9.18 Å². The molecule has 3 aromatic heterocycles. The average Bonchev–Trinajstić information content (AvgIpc) is 3.36. The molecule has 35 heavy (non-hydrogen) atoms. The molecule has 6 nitrogen and oxygen atoms in total. The molecule has 3 heterocycles. The first-order valence-electron chi connectivity index (χ1n) is 10.8. The number of amides is 1. The molecule has 0 aliphatic heterocycles. The van der Waals surface area contributed by atoms with Crippen LogP contribution in [0.3, 0.4) is 0 Å². The smallest absolute Gasteiger partial charge is 0.204 e. The molecule has 0 atom stereocenters. The summed E-state index contributed by atoms with van der Waals surface area (Å²) >= 11 is 0. The van der Waals surface area contributed by atoms with Crippen LogP contribution in [0.2, 0.25) is 0 Å². The molecule has 0 aliphatic rings. The number of anilines is 1. The monoisotopic (exact) mass is 463 g/mol. The van der Waals surface area contributed by atoms with Crippen LogP contribution in [-0.2, 0) is 11.3 Å². The molecule has 0 aliphatic carbocycles. The number of primary amides is 1. The zero-order valence-electron chi connectivity index (χ0n) is 18.7. The Labute approximate surface area is 202 Å². The quantitative estimate of drug-likeness (QED) is 0.300. The van der Waals surface area contributed by atoms with E-state index in [9.17, 15) is 4.39 Å². The number of benzene rings is 2. The summed E-state index contributed by atoms with van der Waals surface area (Å²) in [4.78, 5) is 17.0. The van der Waals surface area contributed by atoms with Gasteiger partial charge in [0, 0.05) is 54.3 Å². The molecule has 3 N–H and O–H groups in total. The third-order valence-corrected chi connectivity index (χ3v) is 5.16. The van der Waals surface area contributed by atoms with E-state index in [0.717, 1.165) is 39.2 Å². The highest BCUT2D eigenvalue weighted by molar-refractivity contribution is 5.74. The highest BCUT2D eigenvalue weighted by atomic mass is 19.1. The van der Waals surface area contributed by atoms with Crippen molar-refractivity contribution in [1.82, 2.24) is 14.4 Å². The lowest BCUT2D eigenvalue weighted by Gasteiger charge is -2.11. The first-order valence-corrected chi connectivity index (χ1v) is 10.8. The van der Waals surface area contributed by atoms with E-state index in [1.807, 2.05) is 41.1 Å². The van der Waals surface area contributed by atoms with Crippen molar-refractivity contribution in [2.24, 2.45) is 5.73 Å². The Hall–Kier alpha value is -4.96. The van der Waals surface area contributed by atoms with Gasteiger partial charge in [-0.3, -0.25) is 9.78 Å². The summed E-state index contributed by atoms with van der Waals surface area (Å²) in [6, 6.07) is 20.4. The number of nitrogens with zero attached hydrogens (tertiary/aromatic N) is 3. The number of carbonyl (C=O) groups is 1. The van der Waals surface area contributed by atoms with Crippen molar-refractivity contribution >= 4 is 17.7 Å². The van der Waals surface area contributed by atoms with Crippen LogP contribution in [0.4, 0.5) is 10.1 Å². The predicted octanol–water partition coefficient (Wildman–Crippen LogP) is 4.65. The summed E-state index contributed by atoms with van der Waals surface area (Å²) in [5, 5.41) is 3.48. The van der Waals surface area contributed by atoms with E-state index in [2.05, 4.69) is 51.1 Å². The van der Waals surface area contributed by atoms with Gasteiger partial charge >= 0.3 is 0 Å². The number of nitrogens with one attached hydrogen (secondary N) is 1. The second kappa shape index (κ2) is 11.3. The van der Waals surface area contributed by atoms with Gasteiger partial charge in [0.25, 0.3) is 0 Å². The maximum absolute atomic E-state index is 13.2. The number of carbonyl (C=O) groups excluding carboxylic acids is 1. The minimum absolute atomic E-state index is 0.250. The molecular formula is C28H22FN5O. The molecule has 0 radical (unpaired) electrons. The molecule has 0 saturated heterocycles. The van der Waals surface area contributed by atoms with Crippen LogP contribution in [0, 0.1) is 17.7 Å². The Morgan fingerprint density at radius 3 is 2.49 bits per heavy atom. The number of imidazole rings is 1. The SMILES string of the molecule is Fc1ccc(C#Cc2cc(NCc3ccn4ccnc4c3)ccc2-c2ccncc2)cc1.NC=O. The Balaban J connectivity index is 0.000000917. The Morgan fingerprint density at radius 2 is 1.71 bits per heavy atom. The first-order chi connectivity index (χ1) is 17.2. The number of hydrogen-bond donors (Lipinski definition) is 2. The van der Waals surface area contributed by atoms with Crippen molar-refractivity contribution in [2.45, 2.75) is 6.54 Å². The van der Waals surface area contributed by atoms with Crippen LogP contribution >= 0.6 is 0 Å². The number of aromatic nitrogens is 3. The molecule has 2 aromatic carbocycles. The average molecular weight is 464 g/mol. The molecule has 0 spiro atoms. The van der Waals surface area contributed by atoms with Gasteiger partial charge in [0.1, 0.15) is 11.5 Å². The van der Waals surface area contributed by atoms with Gasteiger partial charge in [0.15, 0.2) is 0 Å². The van der Waals surface area contributed by atoms with Crippen LogP contribution in [0.1, 0.15) is 16.7 Å². The lowest BCUT2D eigenvalue weighted by atomic mass is 9.99. The molecule has 0 saturated carbocycles. The van der Waals surface area contributed by atoms with Gasteiger partial charge in [0.05, 0.1) is 0 Å². The molecule has 172 valence electrons. The molecule has 0 unspecified atom stereocenters. The highest BCUT2D eigenvalue weighted by Crippen LogP contribution is 2.26. The van der Waals surface area contributed by atoms with Gasteiger partial charge in [-0.05, 0) is 77.4 Å². The van der Waals surface area contributed by atoms with Crippen LogP contribution in [0.5, 0.6) is 0 Å². The van der Waals surface area contributed by atoms with Gasteiger partial charge in [-0.15, -0.1) is 0 Å². The fourth-order valence-corrected chi connectivity index (χ4v) is 3.48. The maximum atomic E-state index is 13.2. The minimum Gasteiger partial charge on any atom is -0.381 e. The normalized spacial score (nSPS) is 9.97. The van der Waals surface area contributed by atoms with Gasteiger partial charge in [0.2, 0.25) is 6.41 Å². The number of halogens is 1. The van der Waals surface area contributed by atoms with E-state index in [4.69, 9.17) is 4.79 Å². The summed E-state index contributed by atoms with van der Waals surface area (Å²) in [6.45, 7) is 0.669. The fraction of sp³-hybridized carbons (Fsp3) is 0.0357. The first kappa shape index (κ1) is 23.2. The standard InChI is InChI=1S/C27H19FN4.CH3NO/c28-24-5-2-20(3-6-24)1-4-23-18-25(7-8-26(23)22-9-12-29-13-10-22)31-19-21-11-15-32-16-14-30-27(32)17-21;2-1-3/h2-3,5-18,31H,19H2;1H,(H2,2,3). The Bertz CT molecular complexity index is 1490. The summed E-state index contributed by atoms with van der Waals surface area (Å²) in [5.41, 5.74) is 10.9. The van der Waals surface area contributed by atoms with E-state index in [1.54, 1.807) is 30.7 Å². The zero-order chi connectivity index (χ0) is 24.5. The second-order valence-corrected chi connectivity index (χ2v) is 7.47. The summed E-state index contributed by atoms with van der Waals surface area (Å²) in [7, 11) is 0. The molecule has 0 fully saturated rings. The summed E-state index contributed by atoms with van der Waals surface area (Å²) in [6.07, 6.45) is 9.51. The van der Waals surface area contributed by atoms with E-state index in [0.29, 0.717) is 6.54 Å². The van der Waals surface area contributed by atoms with Gasteiger partial charge in [-0.25, -0.2) is 9.37 Å². The van der Waals surface area contributed by atoms with E-state index in [-0.39, 0.29) is 12.2 Å². The summed E-state index contributed by atoms with van der Waals surface area (Å²) < 4.78 is 15.2. The van der Waals surface area contributed by atoms with Crippen molar-refractivity contribution in [2.75, 3.05) is 5.32 Å². The molecule has 7 heteroatoms. The Morgan fingerprint density at radius 1 is 0.943 bits per heavy atom. The van der Waals surface area contributed by atoms with Crippen LogP contribution < -0.4 is 11.1 Å². The van der Waals surface area contributed by atoms with Crippen LogP contribution in [0.25, 0.3) is 16.8 Å². The van der Waals surface area contributed by atoms with E-state index in [1.165, 1.54) is 12.1 Å². The number of fused-ring (bicyclic) bond motifs is 1. The highest BCUT2D eigenvalue weighted by Gasteiger charge is 2.06. The molecule has 1 amide bonds. The largest absolute Gasteiger partial charge is 0.381 e. The molecule has 0 bridgehead atoms. The van der Waals surface area contributed by atoms with Crippen LogP contribution in [-0.4, -0.2) is 20.8 Å². The van der Waals surface area contributed by atoms with Gasteiger partial charge in [-0.2, -0.15) is 0 Å². The lowest BCUT2D eigenvalue weighted by Crippen LogP contribution is -2.01.